The van der Waals surface area contributed by atoms with Crippen molar-refractivity contribution in [1.29, 1.82) is 0 Å². The second kappa shape index (κ2) is 7.32. The molecule has 0 bridgehead atoms. The van der Waals surface area contributed by atoms with Gasteiger partial charge in [-0.15, -0.1) is 11.8 Å². The molecule has 0 N–H and O–H groups in total. The third-order valence-corrected chi connectivity index (χ3v) is 7.04. The zero-order chi connectivity index (χ0) is 16.4. The van der Waals surface area contributed by atoms with Crippen LogP contribution in [0.3, 0.4) is 0 Å². The molecule has 0 radical (unpaired) electrons. The molecule has 1 atom stereocenters. The number of pyridine rings is 1. The fourth-order valence-electron chi connectivity index (χ4n) is 4.20. The topological polar surface area (TPSA) is 34.6 Å². The van der Waals surface area contributed by atoms with Crippen molar-refractivity contribution < 1.29 is 9.47 Å². The Bertz CT molecular complexity index is 556. The fraction of sp³-hybridized carbons (Fsp3) is 0.737. The summed E-state index contributed by atoms with van der Waals surface area (Å²) in [6, 6.07) is 6.15. The molecule has 1 aromatic heterocycles. The summed E-state index contributed by atoms with van der Waals surface area (Å²) in [5, 5.41) is 0. The van der Waals surface area contributed by atoms with E-state index in [2.05, 4.69) is 33.8 Å². The minimum absolute atomic E-state index is 0.391. The summed E-state index contributed by atoms with van der Waals surface area (Å²) in [4.78, 5) is 7.18. The molecule has 3 fully saturated rings. The van der Waals surface area contributed by atoms with E-state index in [1.807, 2.05) is 13.0 Å². The molecule has 1 aromatic rings. The largest absolute Gasteiger partial charge is 0.381 e. The SMILES string of the molecule is Cc1cccc(CO[C@H]2CSC3(C2)CN(CC2CCOCC2)C3)n1. The molecule has 0 unspecified atom stereocenters. The van der Waals surface area contributed by atoms with Crippen LogP contribution in [0.15, 0.2) is 18.2 Å². The molecule has 0 aliphatic carbocycles. The van der Waals surface area contributed by atoms with Gasteiger partial charge in [0.15, 0.2) is 0 Å². The zero-order valence-corrected chi connectivity index (χ0v) is 15.4. The first kappa shape index (κ1) is 16.8. The van der Waals surface area contributed by atoms with Gasteiger partial charge in [0.05, 0.1) is 18.4 Å². The van der Waals surface area contributed by atoms with Crippen LogP contribution in [-0.2, 0) is 16.1 Å². The van der Waals surface area contributed by atoms with Crippen molar-refractivity contribution >= 4 is 11.8 Å². The van der Waals surface area contributed by atoms with Gasteiger partial charge in [0.2, 0.25) is 0 Å². The fourth-order valence-corrected chi connectivity index (χ4v) is 5.81. The molecule has 5 heteroatoms. The highest BCUT2D eigenvalue weighted by atomic mass is 32.2. The number of hydrogen-bond donors (Lipinski definition) is 0. The summed E-state index contributed by atoms with van der Waals surface area (Å²) in [5.74, 6) is 1.98. The maximum atomic E-state index is 6.14. The molecule has 24 heavy (non-hydrogen) atoms. The monoisotopic (exact) mass is 348 g/mol. The van der Waals surface area contributed by atoms with Crippen LogP contribution in [0.25, 0.3) is 0 Å². The Labute approximate surface area is 149 Å². The van der Waals surface area contributed by atoms with E-state index in [-0.39, 0.29) is 0 Å². The maximum absolute atomic E-state index is 6.14. The van der Waals surface area contributed by atoms with Crippen LogP contribution < -0.4 is 0 Å². The molecule has 0 aromatic carbocycles. The van der Waals surface area contributed by atoms with Gasteiger partial charge < -0.3 is 14.4 Å². The normalized spacial score (nSPS) is 27.5. The number of likely N-dealkylation sites (tertiary alicyclic amines) is 1. The predicted molar refractivity (Wildman–Crippen MR) is 97.3 cm³/mol. The summed E-state index contributed by atoms with van der Waals surface area (Å²) in [6.07, 6.45) is 4.08. The number of thioether (sulfide) groups is 1. The highest BCUT2D eigenvalue weighted by Crippen LogP contribution is 2.46. The van der Waals surface area contributed by atoms with E-state index >= 15 is 0 Å². The highest BCUT2D eigenvalue weighted by Gasteiger charge is 2.49. The van der Waals surface area contributed by atoms with Gasteiger partial charge in [0.25, 0.3) is 0 Å². The molecular formula is C19H28N2O2S. The smallest absolute Gasteiger partial charge is 0.0892 e. The Morgan fingerprint density at radius 1 is 1.33 bits per heavy atom. The third-order valence-electron chi connectivity index (χ3n) is 5.47. The van der Waals surface area contributed by atoms with Gasteiger partial charge >= 0.3 is 0 Å². The van der Waals surface area contributed by atoms with E-state index in [9.17, 15) is 0 Å². The molecule has 0 amide bonds. The van der Waals surface area contributed by atoms with Crippen molar-refractivity contribution in [2.75, 3.05) is 38.6 Å². The van der Waals surface area contributed by atoms with Crippen LogP contribution in [-0.4, -0.2) is 59.3 Å². The highest BCUT2D eigenvalue weighted by molar-refractivity contribution is 8.01. The summed E-state index contributed by atoms with van der Waals surface area (Å²) < 4.78 is 12.1. The summed E-state index contributed by atoms with van der Waals surface area (Å²) >= 11 is 2.13. The molecule has 132 valence electrons. The van der Waals surface area contributed by atoms with E-state index in [1.165, 1.54) is 38.9 Å². The summed E-state index contributed by atoms with van der Waals surface area (Å²) in [6.45, 7) is 8.36. The quantitative estimate of drug-likeness (QED) is 0.817. The van der Waals surface area contributed by atoms with E-state index in [1.54, 1.807) is 0 Å². The second-order valence-corrected chi connectivity index (χ2v) is 9.11. The van der Waals surface area contributed by atoms with Crippen molar-refractivity contribution in [1.82, 2.24) is 9.88 Å². The number of nitrogens with zero attached hydrogens (tertiary/aromatic N) is 2. The number of hydrogen-bond acceptors (Lipinski definition) is 5. The Morgan fingerprint density at radius 2 is 2.17 bits per heavy atom. The lowest BCUT2D eigenvalue weighted by Crippen LogP contribution is -2.59. The minimum Gasteiger partial charge on any atom is -0.381 e. The van der Waals surface area contributed by atoms with Crippen LogP contribution in [0.5, 0.6) is 0 Å². The first-order valence-corrected chi connectivity index (χ1v) is 10.2. The van der Waals surface area contributed by atoms with Gasteiger partial charge in [-0.05, 0) is 44.2 Å². The Kier molecular flexibility index (Phi) is 5.13. The van der Waals surface area contributed by atoms with Crippen molar-refractivity contribution in [3.63, 3.8) is 0 Å². The summed E-state index contributed by atoms with van der Waals surface area (Å²) in [7, 11) is 0. The molecule has 3 aliphatic rings. The maximum Gasteiger partial charge on any atom is 0.0892 e. The number of rotatable bonds is 5. The lowest BCUT2D eigenvalue weighted by Gasteiger charge is -2.49. The van der Waals surface area contributed by atoms with Gasteiger partial charge in [-0.1, -0.05) is 6.07 Å². The van der Waals surface area contributed by atoms with Gasteiger partial charge in [-0.2, -0.15) is 0 Å². The van der Waals surface area contributed by atoms with E-state index < -0.39 is 0 Å². The molecule has 4 nitrogen and oxygen atoms in total. The van der Waals surface area contributed by atoms with Crippen molar-refractivity contribution in [3.05, 3.63) is 29.6 Å². The average Bonchev–Trinajstić information content (AvgIpc) is 2.98. The number of ether oxygens (including phenoxy) is 2. The van der Waals surface area contributed by atoms with Crippen molar-refractivity contribution in [2.24, 2.45) is 5.92 Å². The van der Waals surface area contributed by atoms with Crippen LogP contribution in [0.2, 0.25) is 0 Å². The number of aryl methyl sites for hydroxylation is 1. The lowest BCUT2D eigenvalue weighted by molar-refractivity contribution is 0.0103. The van der Waals surface area contributed by atoms with Crippen LogP contribution in [0, 0.1) is 12.8 Å². The van der Waals surface area contributed by atoms with Crippen molar-refractivity contribution in [2.45, 2.75) is 43.6 Å². The Morgan fingerprint density at radius 3 is 2.96 bits per heavy atom. The molecule has 4 rings (SSSR count). The minimum atomic E-state index is 0.391. The first-order valence-electron chi connectivity index (χ1n) is 9.19. The average molecular weight is 349 g/mol. The van der Waals surface area contributed by atoms with Gasteiger partial charge in [0.1, 0.15) is 0 Å². The summed E-state index contributed by atoms with van der Waals surface area (Å²) in [5.41, 5.74) is 2.12. The van der Waals surface area contributed by atoms with Gasteiger partial charge in [-0.3, -0.25) is 4.98 Å². The van der Waals surface area contributed by atoms with E-state index in [0.717, 1.165) is 36.3 Å². The Hall–Kier alpha value is -0.620. The molecule has 0 saturated carbocycles. The van der Waals surface area contributed by atoms with Gasteiger partial charge in [-0.25, -0.2) is 0 Å². The van der Waals surface area contributed by atoms with Crippen LogP contribution in [0.1, 0.15) is 30.7 Å². The molecule has 3 aliphatic heterocycles. The van der Waals surface area contributed by atoms with E-state index in [0.29, 0.717) is 17.5 Å². The first-order chi connectivity index (χ1) is 11.7. The van der Waals surface area contributed by atoms with Crippen LogP contribution in [0.4, 0.5) is 0 Å². The molecule has 1 spiro atoms. The van der Waals surface area contributed by atoms with Gasteiger partial charge in [0, 0.05) is 49.0 Å². The van der Waals surface area contributed by atoms with E-state index in [4.69, 9.17) is 9.47 Å². The third kappa shape index (κ3) is 3.96. The lowest BCUT2D eigenvalue weighted by atomic mass is 9.90. The molecule has 4 heterocycles. The molecular weight excluding hydrogens is 320 g/mol. The van der Waals surface area contributed by atoms with Crippen LogP contribution >= 0.6 is 11.8 Å². The Balaban J connectivity index is 1.20. The zero-order valence-electron chi connectivity index (χ0n) is 14.6. The molecule has 3 saturated heterocycles. The predicted octanol–water partition coefficient (Wildman–Crippen LogP) is 2.89. The standard InChI is InChI=1S/C19H28N2O2S/c1-15-3-2-4-17(20-15)11-23-18-9-19(24-12-18)13-21(14-19)10-16-5-7-22-8-6-16/h2-4,16,18H,5-14H2,1H3/t18-/m1/s1. The second-order valence-electron chi connectivity index (χ2n) is 7.63. The number of aromatic nitrogens is 1. The van der Waals surface area contributed by atoms with Crippen molar-refractivity contribution in [3.8, 4) is 0 Å².